The molecule has 70 heavy (non-hydrogen) atoms. The summed E-state index contributed by atoms with van der Waals surface area (Å²) in [7, 11) is 0. The fourth-order valence-corrected chi connectivity index (χ4v) is 12.1. The van der Waals surface area contributed by atoms with Gasteiger partial charge in [0.05, 0.1) is 33.1 Å². The summed E-state index contributed by atoms with van der Waals surface area (Å²) in [6.07, 6.45) is 0. The number of para-hydroxylation sites is 3. The summed E-state index contributed by atoms with van der Waals surface area (Å²) in [6, 6.07) is 82.8. The number of nitrogens with zero attached hydrogens (tertiary/aromatic N) is 6. The van der Waals surface area contributed by atoms with E-state index in [2.05, 4.69) is 226 Å². The van der Waals surface area contributed by atoms with Crippen molar-refractivity contribution in [2.24, 2.45) is 0 Å². The van der Waals surface area contributed by atoms with E-state index in [1.54, 1.807) is 0 Å². The lowest BCUT2D eigenvalue weighted by atomic mass is 10.1. The summed E-state index contributed by atoms with van der Waals surface area (Å²) in [5.41, 5.74) is 12.9. The topological polar surface area (TPSA) is 53.5 Å². The van der Waals surface area contributed by atoms with Crippen molar-refractivity contribution >= 4 is 96.9 Å². The average molecular weight is 911 g/mol. The van der Waals surface area contributed by atoms with Crippen molar-refractivity contribution in [2.45, 2.75) is 0 Å². The summed E-state index contributed by atoms with van der Waals surface area (Å²) < 4.78 is 9.65. The summed E-state index contributed by atoms with van der Waals surface area (Å²) in [4.78, 5) is 16.2. The van der Waals surface area contributed by atoms with Crippen molar-refractivity contribution < 1.29 is 0 Å². The smallest absolute Gasteiger partial charge is 0.238 e. The van der Waals surface area contributed by atoms with Gasteiger partial charge in [0, 0.05) is 75.0 Å². The molecule has 0 saturated heterocycles. The molecule has 0 N–H and O–H groups in total. The molecule has 0 saturated carbocycles. The highest BCUT2D eigenvalue weighted by Gasteiger charge is 2.25. The molecule has 0 bridgehead atoms. The Balaban J connectivity index is 1.06. The Labute approximate surface area is 405 Å². The first-order chi connectivity index (χ1) is 34.7. The Morgan fingerprint density at radius 1 is 0.271 bits per heavy atom. The van der Waals surface area contributed by atoms with Gasteiger partial charge in [0.25, 0.3) is 0 Å². The predicted molar refractivity (Wildman–Crippen MR) is 292 cm³/mol. The van der Waals surface area contributed by atoms with Crippen LogP contribution in [0.5, 0.6) is 0 Å². The first-order valence-corrected chi connectivity index (χ1v) is 24.4. The van der Waals surface area contributed by atoms with Crippen LogP contribution in [-0.4, -0.2) is 28.7 Å². The lowest BCUT2D eigenvalue weighted by Crippen LogP contribution is -2.07. The maximum Gasteiger partial charge on any atom is 0.238 e. The second-order valence-electron chi connectivity index (χ2n) is 18.0. The Bertz CT molecular complexity index is 4540. The number of rotatable bonds is 6. The first kappa shape index (κ1) is 38.9. The number of hydrogen-bond acceptors (Lipinski definition) is 4. The molecule has 10 aromatic carbocycles. The van der Waals surface area contributed by atoms with Gasteiger partial charge in [-0.2, -0.15) is 9.97 Å². The van der Waals surface area contributed by atoms with Gasteiger partial charge < -0.3 is 9.13 Å². The first-order valence-electron chi connectivity index (χ1n) is 23.6. The van der Waals surface area contributed by atoms with Crippen LogP contribution in [0.1, 0.15) is 0 Å². The highest BCUT2D eigenvalue weighted by Crippen LogP contribution is 2.44. The highest BCUT2D eigenvalue weighted by molar-refractivity contribution is 7.25. The molecule has 0 fully saturated rings. The van der Waals surface area contributed by atoms with Crippen LogP contribution in [0.3, 0.4) is 0 Å². The molecule has 6 nitrogen and oxygen atoms in total. The number of thiophene rings is 1. The largest absolute Gasteiger partial charge is 0.309 e. The summed E-state index contributed by atoms with van der Waals surface area (Å²) in [6.45, 7) is 0. The molecule has 15 aromatic rings. The third kappa shape index (κ3) is 5.82. The van der Waals surface area contributed by atoms with Crippen molar-refractivity contribution in [1.82, 2.24) is 28.7 Å². The second kappa shape index (κ2) is 15.2. The normalized spacial score (nSPS) is 12.0. The fourth-order valence-electron chi connectivity index (χ4n) is 11.0. The molecule has 5 heterocycles. The average Bonchev–Trinajstić information content (AvgIpc) is 4.18. The van der Waals surface area contributed by atoms with Gasteiger partial charge in [-0.1, -0.05) is 158 Å². The van der Waals surface area contributed by atoms with Gasteiger partial charge in [-0.25, -0.2) is 4.98 Å². The summed E-state index contributed by atoms with van der Waals surface area (Å²) >= 11 is 1.81. The second-order valence-corrected chi connectivity index (χ2v) is 19.1. The molecule has 0 unspecified atom stereocenters. The van der Waals surface area contributed by atoms with Crippen molar-refractivity contribution in [1.29, 1.82) is 0 Å². The SMILES string of the molecule is c1ccc(-c2cccc(-n3c4ccc(-n5c6ccccc6c6ccccc65)cc4c4ccc5c6ccccc6n(-c6nc(-c7ccccc7)nc(-c7ccc8sc9ccccc9c8c7)n6)c5c43)c2)cc1. The minimum absolute atomic E-state index is 0.554. The number of fused-ring (bicyclic) bond motifs is 13. The van der Waals surface area contributed by atoms with E-state index in [0.717, 1.165) is 77.2 Å². The molecule has 0 spiro atoms. The lowest BCUT2D eigenvalue weighted by molar-refractivity contribution is 0.953. The maximum atomic E-state index is 5.50. The quantitative estimate of drug-likeness (QED) is 0.167. The maximum absolute atomic E-state index is 5.50. The van der Waals surface area contributed by atoms with Gasteiger partial charge in [-0.05, 0) is 83.9 Å². The highest BCUT2D eigenvalue weighted by atomic mass is 32.1. The molecule has 7 heteroatoms. The lowest BCUT2D eigenvalue weighted by Gasteiger charge is -2.14. The minimum Gasteiger partial charge on any atom is -0.309 e. The standard InChI is InChI=1S/C63H38N6S/c1-3-16-39(17-4-1)41-20-15-21-43(36-41)68-56-34-31-44(67-53-26-11-7-22-45(53)46-23-8-12-27-54(46)67)38-51(56)50-33-32-49-47-24-9-13-28-55(47)69(60(49)59(50)68)63-65-61(40-18-5-2-6-19-40)64-62(66-63)42-30-35-58-52(37-42)48-25-10-14-29-57(48)70-58/h1-38H. The Kier molecular flexibility index (Phi) is 8.43. The molecule has 0 aliphatic heterocycles. The van der Waals surface area contributed by atoms with Crippen molar-refractivity contribution in [3.05, 3.63) is 231 Å². The zero-order chi connectivity index (χ0) is 45.9. The molecule has 0 aliphatic carbocycles. The summed E-state index contributed by atoms with van der Waals surface area (Å²) in [5.74, 6) is 1.78. The van der Waals surface area contributed by atoms with Crippen molar-refractivity contribution in [2.75, 3.05) is 0 Å². The molecule has 326 valence electrons. The van der Waals surface area contributed by atoms with Crippen LogP contribution in [0.4, 0.5) is 0 Å². The number of hydrogen-bond donors (Lipinski definition) is 0. The van der Waals surface area contributed by atoms with E-state index in [0.29, 0.717) is 17.6 Å². The van der Waals surface area contributed by atoms with E-state index in [1.807, 2.05) is 29.5 Å². The van der Waals surface area contributed by atoms with E-state index in [1.165, 1.54) is 42.0 Å². The monoisotopic (exact) mass is 910 g/mol. The molecule has 5 aromatic heterocycles. The Hall–Kier alpha value is -9.17. The van der Waals surface area contributed by atoms with E-state index in [4.69, 9.17) is 15.0 Å². The van der Waals surface area contributed by atoms with E-state index >= 15 is 0 Å². The van der Waals surface area contributed by atoms with Gasteiger partial charge in [-0.15, -0.1) is 11.3 Å². The Morgan fingerprint density at radius 2 is 0.800 bits per heavy atom. The molecular weight excluding hydrogens is 873 g/mol. The van der Waals surface area contributed by atoms with Crippen LogP contribution < -0.4 is 0 Å². The van der Waals surface area contributed by atoms with Gasteiger partial charge in [-0.3, -0.25) is 4.57 Å². The van der Waals surface area contributed by atoms with Crippen LogP contribution in [0.25, 0.3) is 137 Å². The number of benzene rings is 10. The van der Waals surface area contributed by atoms with Crippen molar-refractivity contribution in [3.63, 3.8) is 0 Å². The minimum atomic E-state index is 0.554. The van der Waals surface area contributed by atoms with Gasteiger partial charge in [0.15, 0.2) is 11.6 Å². The third-order valence-electron chi connectivity index (χ3n) is 14.1. The Morgan fingerprint density at radius 3 is 1.53 bits per heavy atom. The predicted octanol–water partition coefficient (Wildman–Crippen LogP) is 16.5. The van der Waals surface area contributed by atoms with Crippen LogP contribution in [0, 0.1) is 0 Å². The molecule has 0 radical (unpaired) electrons. The van der Waals surface area contributed by atoms with E-state index < -0.39 is 0 Å². The van der Waals surface area contributed by atoms with Crippen LogP contribution >= 0.6 is 11.3 Å². The van der Waals surface area contributed by atoms with Crippen LogP contribution in [0.2, 0.25) is 0 Å². The van der Waals surface area contributed by atoms with Crippen LogP contribution in [0.15, 0.2) is 231 Å². The zero-order valence-corrected chi connectivity index (χ0v) is 38.3. The third-order valence-corrected chi connectivity index (χ3v) is 15.2. The van der Waals surface area contributed by atoms with Gasteiger partial charge in [0.1, 0.15) is 0 Å². The van der Waals surface area contributed by atoms with Crippen LogP contribution in [-0.2, 0) is 0 Å². The molecule has 0 amide bonds. The number of aromatic nitrogens is 6. The molecule has 0 aliphatic rings. The van der Waals surface area contributed by atoms with Crippen molar-refractivity contribution in [3.8, 4) is 51.2 Å². The van der Waals surface area contributed by atoms with E-state index in [-0.39, 0.29) is 0 Å². The fraction of sp³-hybridized carbons (Fsp3) is 0. The van der Waals surface area contributed by atoms with Gasteiger partial charge in [0.2, 0.25) is 5.95 Å². The zero-order valence-electron chi connectivity index (χ0n) is 37.5. The van der Waals surface area contributed by atoms with Gasteiger partial charge >= 0.3 is 0 Å². The molecular formula is C63H38N6S. The summed E-state index contributed by atoms with van der Waals surface area (Å²) in [5, 5.41) is 9.42. The van der Waals surface area contributed by atoms with E-state index in [9.17, 15) is 0 Å². The molecule has 15 rings (SSSR count). The molecule has 0 atom stereocenters.